The van der Waals surface area contributed by atoms with Gasteiger partial charge in [-0.05, 0) is 30.3 Å². The van der Waals surface area contributed by atoms with E-state index in [0.717, 1.165) is 10.2 Å². The first kappa shape index (κ1) is 13.7. The number of fused-ring (bicyclic) bond motifs is 1. The fourth-order valence-electron chi connectivity index (χ4n) is 1.91. The number of nitriles is 1. The Morgan fingerprint density at radius 3 is 2.86 bits per heavy atom. The third-order valence-corrected chi connectivity index (χ3v) is 4.21. The van der Waals surface area contributed by atoms with E-state index in [-0.39, 0.29) is 5.82 Å². The Hall–Kier alpha value is -2.22. The zero-order chi connectivity index (χ0) is 14.8. The van der Waals surface area contributed by atoms with Gasteiger partial charge in [-0.3, -0.25) is 0 Å². The summed E-state index contributed by atoms with van der Waals surface area (Å²) in [6.45, 7) is 0. The Balaban J connectivity index is 2.10. The van der Waals surface area contributed by atoms with Crippen LogP contribution in [0, 0.1) is 17.1 Å². The highest BCUT2D eigenvalue weighted by molar-refractivity contribution is 7.19. The molecule has 2 nitrogen and oxygen atoms in total. The fraction of sp³-hybridized carbons (Fsp3) is 0. The molecule has 0 aliphatic carbocycles. The highest BCUT2D eigenvalue weighted by Gasteiger charge is 2.10. The van der Waals surface area contributed by atoms with Crippen LogP contribution in [0.15, 0.2) is 42.5 Å². The number of rotatable bonds is 2. The average molecular weight is 315 g/mol. The molecule has 0 unspecified atom stereocenters. The van der Waals surface area contributed by atoms with Crippen LogP contribution in [0.1, 0.15) is 10.6 Å². The van der Waals surface area contributed by atoms with Crippen LogP contribution in [0.5, 0.6) is 0 Å². The van der Waals surface area contributed by atoms with E-state index < -0.39 is 0 Å². The monoisotopic (exact) mass is 314 g/mol. The molecule has 0 N–H and O–H groups in total. The van der Waals surface area contributed by atoms with Gasteiger partial charge in [0.1, 0.15) is 16.9 Å². The Morgan fingerprint density at radius 2 is 2.10 bits per heavy atom. The molecule has 0 saturated heterocycles. The number of allylic oxidation sites excluding steroid dienone is 1. The largest absolute Gasteiger partial charge is 0.235 e. The molecule has 102 valence electrons. The molecular weight excluding hydrogens is 307 g/mol. The fourth-order valence-corrected chi connectivity index (χ4v) is 2.98. The number of hydrogen-bond donors (Lipinski definition) is 0. The predicted octanol–water partition coefficient (Wildman–Crippen LogP) is 5.15. The smallest absolute Gasteiger partial charge is 0.135 e. The maximum atomic E-state index is 13.7. The quantitative estimate of drug-likeness (QED) is 0.613. The van der Waals surface area contributed by atoms with Gasteiger partial charge in [0, 0.05) is 10.6 Å². The maximum absolute atomic E-state index is 13.7. The molecule has 1 aromatic heterocycles. The Labute approximate surface area is 129 Å². The molecule has 1 heterocycles. The molecule has 0 aliphatic heterocycles. The second-order valence-corrected chi connectivity index (χ2v) is 5.79. The van der Waals surface area contributed by atoms with Gasteiger partial charge in [-0.15, -0.1) is 11.3 Å². The van der Waals surface area contributed by atoms with Crippen LogP contribution in [0.25, 0.3) is 21.9 Å². The SMILES string of the molecule is N#CC(=Cc1ccccc1F)c1nc2cc(Cl)ccc2s1. The van der Waals surface area contributed by atoms with Crippen molar-refractivity contribution in [3.8, 4) is 6.07 Å². The van der Waals surface area contributed by atoms with Crippen molar-refractivity contribution in [3.05, 3.63) is 63.9 Å². The molecule has 0 bridgehead atoms. The number of nitrogens with zero attached hydrogens (tertiary/aromatic N) is 2. The molecule has 5 heteroatoms. The Morgan fingerprint density at radius 1 is 1.29 bits per heavy atom. The van der Waals surface area contributed by atoms with Gasteiger partial charge in [0.25, 0.3) is 0 Å². The number of aromatic nitrogens is 1. The summed E-state index contributed by atoms with van der Waals surface area (Å²) < 4.78 is 14.6. The van der Waals surface area contributed by atoms with E-state index in [4.69, 9.17) is 11.6 Å². The summed E-state index contributed by atoms with van der Waals surface area (Å²) in [7, 11) is 0. The summed E-state index contributed by atoms with van der Waals surface area (Å²) in [6, 6.07) is 13.8. The van der Waals surface area contributed by atoms with Crippen molar-refractivity contribution in [1.82, 2.24) is 4.98 Å². The minimum atomic E-state index is -0.366. The van der Waals surface area contributed by atoms with Crippen molar-refractivity contribution in [3.63, 3.8) is 0 Å². The van der Waals surface area contributed by atoms with Gasteiger partial charge >= 0.3 is 0 Å². The molecule has 0 radical (unpaired) electrons. The normalized spacial score (nSPS) is 11.6. The van der Waals surface area contributed by atoms with E-state index in [1.54, 1.807) is 30.3 Å². The highest BCUT2D eigenvalue weighted by atomic mass is 35.5. The van der Waals surface area contributed by atoms with Gasteiger partial charge in [0.05, 0.1) is 15.8 Å². The summed E-state index contributed by atoms with van der Waals surface area (Å²) in [4.78, 5) is 4.39. The van der Waals surface area contributed by atoms with Crippen LogP contribution in [-0.2, 0) is 0 Å². The van der Waals surface area contributed by atoms with E-state index in [1.165, 1.54) is 23.5 Å². The average Bonchev–Trinajstić information content (AvgIpc) is 2.89. The zero-order valence-corrected chi connectivity index (χ0v) is 12.2. The number of benzene rings is 2. The van der Waals surface area contributed by atoms with Crippen molar-refractivity contribution in [2.45, 2.75) is 0 Å². The standard InChI is InChI=1S/C16H8ClFN2S/c17-12-5-6-15-14(8-12)20-16(21-15)11(9-19)7-10-3-1-2-4-13(10)18/h1-8H. The summed E-state index contributed by atoms with van der Waals surface area (Å²) in [6.07, 6.45) is 1.51. The first-order valence-electron chi connectivity index (χ1n) is 6.10. The molecule has 0 saturated carbocycles. The lowest BCUT2D eigenvalue weighted by molar-refractivity contribution is 0.625. The molecule has 0 aliphatic rings. The van der Waals surface area contributed by atoms with Gasteiger partial charge in [-0.1, -0.05) is 29.8 Å². The van der Waals surface area contributed by atoms with Gasteiger partial charge in [0.15, 0.2) is 0 Å². The number of thiazole rings is 1. The second-order valence-electron chi connectivity index (χ2n) is 4.32. The van der Waals surface area contributed by atoms with E-state index in [9.17, 15) is 9.65 Å². The molecule has 0 atom stereocenters. The van der Waals surface area contributed by atoms with Crippen LogP contribution in [0.3, 0.4) is 0 Å². The molecule has 3 aromatic rings. The maximum Gasteiger partial charge on any atom is 0.135 e. The molecule has 21 heavy (non-hydrogen) atoms. The van der Waals surface area contributed by atoms with Crippen molar-refractivity contribution in [1.29, 1.82) is 5.26 Å². The van der Waals surface area contributed by atoms with Crippen LogP contribution in [0.4, 0.5) is 4.39 Å². The first-order chi connectivity index (χ1) is 10.2. The van der Waals surface area contributed by atoms with Crippen LogP contribution in [0.2, 0.25) is 5.02 Å². The third kappa shape index (κ3) is 2.80. The predicted molar refractivity (Wildman–Crippen MR) is 84.5 cm³/mol. The van der Waals surface area contributed by atoms with Crippen LogP contribution >= 0.6 is 22.9 Å². The minimum Gasteiger partial charge on any atom is -0.235 e. The van der Waals surface area contributed by atoms with E-state index in [1.807, 2.05) is 6.07 Å². The van der Waals surface area contributed by atoms with E-state index >= 15 is 0 Å². The number of halogens is 2. The summed E-state index contributed by atoms with van der Waals surface area (Å²) in [5, 5.41) is 10.5. The zero-order valence-electron chi connectivity index (χ0n) is 10.7. The molecule has 3 rings (SSSR count). The van der Waals surface area contributed by atoms with Crippen LogP contribution < -0.4 is 0 Å². The summed E-state index contributed by atoms with van der Waals surface area (Å²) >= 11 is 7.31. The topological polar surface area (TPSA) is 36.7 Å². The molecular formula is C16H8ClFN2S. The Bertz CT molecular complexity index is 893. The van der Waals surface area contributed by atoms with E-state index in [2.05, 4.69) is 11.1 Å². The lowest BCUT2D eigenvalue weighted by atomic mass is 10.1. The molecule has 0 fully saturated rings. The highest BCUT2D eigenvalue weighted by Crippen LogP contribution is 2.30. The van der Waals surface area contributed by atoms with Crippen molar-refractivity contribution < 1.29 is 4.39 Å². The number of hydrogen-bond acceptors (Lipinski definition) is 3. The lowest BCUT2D eigenvalue weighted by Gasteiger charge is -1.96. The second kappa shape index (κ2) is 5.65. The van der Waals surface area contributed by atoms with Gasteiger partial charge in [-0.25, -0.2) is 9.37 Å². The molecule has 0 spiro atoms. The summed E-state index contributed by atoms with van der Waals surface area (Å²) in [5.74, 6) is -0.366. The molecule has 0 amide bonds. The van der Waals surface area contributed by atoms with Crippen LogP contribution in [-0.4, -0.2) is 4.98 Å². The van der Waals surface area contributed by atoms with Crippen molar-refractivity contribution >= 4 is 44.8 Å². The van der Waals surface area contributed by atoms with Crippen molar-refractivity contribution in [2.24, 2.45) is 0 Å². The minimum absolute atomic E-state index is 0.331. The van der Waals surface area contributed by atoms with Gasteiger partial charge in [0.2, 0.25) is 0 Å². The third-order valence-electron chi connectivity index (χ3n) is 2.91. The lowest BCUT2D eigenvalue weighted by Crippen LogP contribution is -1.84. The van der Waals surface area contributed by atoms with Gasteiger partial charge in [-0.2, -0.15) is 5.26 Å². The van der Waals surface area contributed by atoms with Crippen molar-refractivity contribution in [2.75, 3.05) is 0 Å². The Kier molecular flexibility index (Phi) is 3.70. The summed E-state index contributed by atoms with van der Waals surface area (Å²) in [5.41, 5.74) is 1.43. The first-order valence-corrected chi connectivity index (χ1v) is 7.29. The van der Waals surface area contributed by atoms with Gasteiger partial charge < -0.3 is 0 Å². The van der Waals surface area contributed by atoms with E-state index in [0.29, 0.717) is 21.2 Å². The molecule has 2 aromatic carbocycles.